The lowest BCUT2D eigenvalue weighted by atomic mass is 9.83. The fraction of sp³-hybridized carbons (Fsp3) is 0.733. The van der Waals surface area contributed by atoms with Gasteiger partial charge in [0.15, 0.2) is 0 Å². The van der Waals surface area contributed by atoms with E-state index in [4.69, 9.17) is 5.73 Å². The van der Waals surface area contributed by atoms with Crippen LogP contribution < -0.4 is 5.73 Å². The molecule has 0 unspecified atom stereocenters. The molecular formula is C15H25N3O. The number of hydrogen-bond donors (Lipinski definition) is 1. The van der Waals surface area contributed by atoms with Gasteiger partial charge in [0.25, 0.3) is 0 Å². The summed E-state index contributed by atoms with van der Waals surface area (Å²) in [4.78, 5) is 16.6. The van der Waals surface area contributed by atoms with Gasteiger partial charge in [-0.25, -0.2) is 0 Å². The first-order chi connectivity index (χ1) is 9.10. The molecule has 0 bridgehead atoms. The Morgan fingerprint density at radius 2 is 1.74 bits per heavy atom. The zero-order valence-corrected chi connectivity index (χ0v) is 12.0. The van der Waals surface area contributed by atoms with Gasteiger partial charge < -0.3 is 10.6 Å². The molecule has 0 radical (unpaired) electrons. The highest BCUT2D eigenvalue weighted by Crippen LogP contribution is 2.32. The Kier molecular flexibility index (Phi) is 4.33. The first-order valence-electron chi connectivity index (χ1n) is 7.27. The van der Waals surface area contributed by atoms with E-state index in [1.54, 1.807) is 0 Å². The number of primary amides is 1. The zero-order chi connectivity index (χ0) is 13.9. The van der Waals surface area contributed by atoms with Crippen LogP contribution in [-0.2, 0) is 4.79 Å². The van der Waals surface area contributed by atoms with Crippen molar-refractivity contribution in [2.75, 3.05) is 26.2 Å². The molecule has 2 rings (SSSR count). The van der Waals surface area contributed by atoms with Crippen molar-refractivity contribution in [3.8, 4) is 0 Å². The number of likely N-dealkylation sites (tertiary alicyclic amines) is 2. The summed E-state index contributed by atoms with van der Waals surface area (Å²) >= 11 is 0. The van der Waals surface area contributed by atoms with E-state index in [0.29, 0.717) is 0 Å². The number of rotatable bonds is 3. The molecule has 0 atom stereocenters. The number of allylic oxidation sites excluding steroid dienone is 1. The van der Waals surface area contributed by atoms with Crippen LogP contribution in [-0.4, -0.2) is 47.4 Å². The van der Waals surface area contributed by atoms with Crippen LogP contribution in [0.15, 0.2) is 18.0 Å². The Hall–Kier alpha value is -1.25. The van der Waals surface area contributed by atoms with Crippen LogP contribution >= 0.6 is 0 Å². The minimum Gasteiger partial charge on any atom is -0.369 e. The van der Waals surface area contributed by atoms with Gasteiger partial charge in [-0.2, -0.15) is 0 Å². The first-order valence-corrected chi connectivity index (χ1v) is 7.27. The molecular weight excluding hydrogens is 238 g/mol. The Bertz CT molecular complexity index is 384. The van der Waals surface area contributed by atoms with Gasteiger partial charge >= 0.3 is 0 Å². The van der Waals surface area contributed by atoms with E-state index in [0.717, 1.165) is 44.7 Å². The van der Waals surface area contributed by atoms with E-state index in [1.165, 1.54) is 19.3 Å². The van der Waals surface area contributed by atoms with E-state index in [9.17, 15) is 4.79 Å². The summed E-state index contributed by atoms with van der Waals surface area (Å²) < 4.78 is 0. The highest BCUT2D eigenvalue weighted by molar-refractivity contribution is 5.84. The maximum atomic E-state index is 12.0. The van der Waals surface area contributed by atoms with Crippen molar-refractivity contribution in [1.29, 1.82) is 0 Å². The van der Waals surface area contributed by atoms with E-state index in [-0.39, 0.29) is 5.91 Å². The van der Waals surface area contributed by atoms with Gasteiger partial charge in [-0.1, -0.05) is 13.0 Å². The predicted molar refractivity (Wildman–Crippen MR) is 76.5 cm³/mol. The molecule has 0 aromatic rings. The summed E-state index contributed by atoms with van der Waals surface area (Å²) in [6, 6.07) is 0. The van der Waals surface area contributed by atoms with Gasteiger partial charge in [0.1, 0.15) is 5.54 Å². The summed E-state index contributed by atoms with van der Waals surface area (Å²) in [5.74, 6) is -0.144. The van der Waals surface area contributed by atoms with Gasteiger partial charge in [0.05, 0.1) is 5.70 Å². The van der Waals surface area contributed by atoms with E-state index in [2.05, 4.69) is 22.1 Å². The molecule has 2 fully saturated rings. The average molecular weight is 263 g/mol. The van der Waals surface area contributed by atoms with Crippen molar-refractivity contribution in [3.05, 3.63) is 18.0 Å². The zero-order valence-electron chi connectivity index (χ0n) is 12.0. The molecule has 2 aliphatic rings. The average Bonchev–Trinajstić information content (AvgIpc) is 2.47. The third-order valence-corrected chi connectivity index (χ3v) is 4.74. The molecule has 0 aromatic heterocycles. The van der Waals surface area contributed by atoms with Crippen LogP contribution in [0.1, 0.15) is 39.0 Å². The third kappa shape index (κ3) is 2.70. The summed E-state index contributed by atoms with van der Waals surface area (Å²) in [6.07, 6.45) is 5.28. The van der Waals surface area contributed by atoms with Gasteiger partial charge in [-0.15, -0.1) is 5.73 Å². The fourth-order valence-electron chi connectivity index (χ4n) is 3.36. The SMILES string of the molecule is C=C=C(C)N1CCC(C(N)=O)(N2CCCCC2)CC1. The Labute approximate surface area is 115 Å². The van der Waals surface area contributed by atoms with Crippen molar-refractivity contribution in [3.63, 3.8) is 0 Å². The predicted octanol–water partition coefficient (Wildman–Crippen LogP) is 1.48. The summed E-state index contributed by atoms with van der Waals surface area (Å²) in [5.41, 5.74) is 9.33. The van der Waals surface area contributed by atoms with Crippen molar-refractivity contribution >= 4 is 5.91 Å². The van der Waals surface area contributed by atoms with Gasteiger partial charge in [0.2, 0.25) is 5.91 Å². The molecule has 2 heterocycles. The highest BCUT2D eigenvalue weighted by Gasteiger charge is 2.45. The maximum absolute atomic E-state index is 12.0. The molecule has 2 aliphatic heterocycles. The molecule has 2 saturated heterocycles. The van der Waals surface area contributed by atoms with Gasteiger partial charge in [-0.3, -0.25) is 9.69 Å². The van der Waals surface area contributed by atoms with Crippen LogP contribution in [0.4, 0.5) is 0 Å². The number of nitrogens with two attached hydrogens (primary N) is 1. The molecule has 0 spiro atoms. The van der Waals surface area contributed by atoms with Crippen molar-refractivity contribution < 1.29 is 4.79 Å². The van der Waals surface area contributed by atoms with Gasteiger partial charge in [-0.05, 0) is 45.7 Å². The van der Waals surface area contributed by atoms with Gasteiger partial charge in [0, 0.05) is 13.1 Å². The van der Waals surface area contributed by atoms with Crippen LogP contribution in [0.2, 0.25) is 0 Å². The minimum atomic E-state index is -0.418. The third-order valence-electron chi connectivity index (χ3n) is 4.74. The molecule has 2 N–H and O–H groups in total. The first kappa shape index (κ1) is 14.2. The summed E-state index contributed by atoms with van der Waals surface area (Å²) in [5, 5.41) is 0. The smallest absolute Gasteiger partial charge is 0.238 e. The van der Waals surface area contributed by atoms with E-state index in [1.807, 2.05) is 6.92 Å². The lowest BCUT2D eigenvalue weighted by Gasteiger charge is -2.48. The second-order valence-electron chi connectivity index (χ2n) is 5.69. The highest BCUT2D eigenvalue weighted by atomic mass is 16.1. The van der Waals surface area contributed by atoms with Crippen LogP contribution in [0.5, 0.6) is 0 Å². The molecule has 0 saturated carbocycles. The monoisotopic (exact) mass is 263 g/mol. The van der Waals surface area contributed by atoms with Crippen LogP contribution in [0, 0.1) is 0 Å². The summed E-state index contributed by atoms with van der Waals surface area (Å²) in [6.45, 7) is 9.47. The Morgan fingerprint density at radius 1 is 1.16 bits per heavy atom. The molecule has 0 aliphatic carbocycles. The quantitative estimate of drug-likeness (QED) is 0.785. The number of carbonyl (C=O) groups is 1. The number of hydrogen-bond acceptors (Lipinski definition) is 3. The number of nitrogens with zero attached hydrogens (tertiary/aromatic N) is 2. The standard InChI is InChI=1S/C15H25N3O/c1-3-13(2)17-11-7-15(8-12-17,14(16)19)18-9-5-4-6-10-18/h1,4-12H2,2H3,(H2,16,19). The maximum Gasteiger partial charge on any atom is 0.238 e. The largest absolute Gasteiger partial charge is 0.369 e. The lowest BCUT2D eigenvalue weighted by Crippen LogP contribution is -2.63. The second-order valence-corrected chi connectivity index (χ2v) is 5.69. The molecule has 4 nitrogen and oxygen atoms in total. The second kappa shape index (κ2) is 5.81. The molecule has 1 amide bonds. The van der Waals surface area contributed by atoms with E-state index >= 15 is 0 Å². The molecule has 4 heteroatoms. The Balaban J connectivity index is 2.10. The normalized spacial score (nSPS) is 23.7. The lowest BCUT2D eigenvalue weighted by molar-refractivity contribution is -0.134. The fourth-order valence-corrected chi connectivity index (χ4v) is 3.36. The number of carbonyl (C=O) groups excluding carboxylic acids is 1. The number of piperidine rings is 2. The molecule has 106 valence electrons. The topological polar surface area (TPSA) is 49.6 Å². The van der Waals surface area contributed by atoms with E-state index < -0.39 is 5.54 Å². The summed E-state index contributed by atoms with van der Waals surface area (Å²) in [7, 11) is 0. The van der Waals surface area contributed by atoms with Crippen molar-refractivity contribution in [2.45, 2.75) is 44.6 Å². The molecule has 19 heavy (non-hydrogen) atoms. The Morgan fingerprint density at radius 3 is 2.21 bits per heavy atom. The van der Waals surface area contributed by atoms with Crippen LogP contribution in [0.3, 0.4) is 0 Å². The minimum absolute atomic E-state index is 0.144. The van der Waals surface area contributed by atoms with Crippen molar-refractivity contribution in [2.24, 2.45) is 5.73 Å². The van der Waals surface area contributed by atoms with Crippen LogP contribution in [0.25, 0.3) is 0 Å². The number of amides is 1. The van der Waals surface area contributed by atoms with Crippen molar-refractivity contribution in [1.82, 2.24) is 9.80 Å². The molecule has 0 aromatic carbocycles.